The summed E-state index contributed by atoms with van der Waals surface area (Å²) in [6.45, 7) is 0.318. The number of aromatic nitrogens is 3. The molecule has 0 radical (unpaired) electrons. The topological polar surface area (TPSA) is 97.1 Å². The van der Waals surface area contributed by atoms with Crippen LogP contribution in [0.25, 0.3) is 0 Å². The van der Waals surface area contributed by atoms with Crippen LogP contribution in [0.3, 0.4) is 0 Å². The molecule has 21 heavy (non-hydrogen) atoms. The second kappa shape index (κ2) is 6.69. The number of carbonyl (C=O) groups excluding carboxylic acids is 1. The molecule has 1 aliphatic carbocycles. The number of rotatable bonds is 6. The van der Waals surface area contributed by atoms with Gasteiger partial charge in [0, 0.05) is 13.5 Å². The van der Waals surface area contributed by atoms with Crippen LogP contribution in [0.1, 0.15) is 50.8 Å². The maximum Gasteiger partial charge on any atom is 0.303 e. The second-order valence-electron chi connectivity index (χ2n) is 5.94. The van der Waals surface area contributed by atoms with E-state index < -0.39 is 5.97 Å². The molecule has 0 saturated heterocycles. The number of aryl methyl sites for hydroxylation is 1. The van der Waals surface area contributed by atoms with Gasteiger partial charge in [-0.3, -0.25) is 9.59 Å². The van der Waals surface area contributed by atoms with E-state index in [1.807, 2.05) is 7.05 Å². The van der Waals surface area contributed by atoms with Crippen molar-refractivity contribution in [2.45, 2.75) is 51.5 Å². The first kappa shape index (κ1) is 15.5. The first-order chi connectivity index (χ1) is 10.0. The summed E-state index contributed by atoms with van der Waals surface area (Å²) in [6.07, 6.45) is 6.69. The molecule has 1 amide bonds. The fraction of sp³-hybridized carbons (Fsp3) is 0.714. The number of amides is 1. The van der Waals surface area contributed by atoms with Crippen LogP contribution in [0.4, 0.5) is 0 Å². The molecule has 7 nitrogen and oxygen atoms in total. The molecule has 1 fully saturated rings. The molecule has 0 spiro atoms. The van der Waals surface area contributed by atoms with Gasteiger partial charge in [-0.25, -0.2) is 0 Å². The summed E-state index contributed by atoms with van der Waals surface area (Å²) in [5.74, 6) is -0.251. The lowest BCUT2D eigenvalue weighted by molar-refractivity contribution is -0.141. The van der Waals surface area contributed by atoms with Gasteiger partial charge >= 0.3 is 5.97 Å². The van der Waals surface area contributed by atoms with Crippen LogP contribution < -0.4 is 5.32 Å². The van der Waals surface area contributed by atoms with Crippen molar-refractivity contribution in [1.82, 2.24) is 20.1 Å². The van der Waals surface area contributed by atoms with Gasteiger partial charge in [-0.2, -0.15) is 0 Å². The number of hydrogen-bond donors (Lipinski definition) is 2. The number of carboxylic acid groups (broad SMARTS) is 1. The van der Waals surface area contributed by atoms with Gasteiger partial charge in [-0.1, -0.05) is 19.3 Å². The Morgan fingerprint density at radius 2 is 2.05 bits per heavy atom. The van der Waals surface area contributed by atoms with Crippen molar-refractivity contribution < 1.29 is 14.7 Å². The fourth-order valence-electron chi connectivity index (χ4n) is 3.09. The van der Waals surface area contributed by atoms with Crippen LogP contribution in [-0.2, 0) is 23.2 Å². The van der Waals surface area contributed by atoms with E-state index in [1.54, 1.807) is 10.9 Å². The van der Waals surface area contributed by atoms with Crippen molar-refractivity contribution in [2.75, 3.05) is 0 Å². The summed E-state index contributed by atoms with van der Waals surface area (Å²) >= 11 is 0. The molecule has 1 heterocycles. The van der Waals surface area contributed by atoms with Crippen molar-refractivity contribution in [1.29, 1.82) is 0 Å². The Bertz CT molecular complexity index is 506. The number of nitrogens with one attached hydrogen (secondary N) is 1. The first-order valence-electron chi connectivity index (χ1n) is 7.32. The molecule has 2 N–H and O–H groups in total. The standard InChI is InChI=1S/C14H22N4O3/c1-18-10-16-17-11(18)9-15-12(19)7-14(8-13(20)21)5-3-2-4-6-14/h10H,2-9H2,1H3,(H,15,19)(H,20,21). The van der Waals surface area contributed by atoms with Gasteiger partial charge in [0.2, 0.25) is 5.91 Å². The predicted octanol–water partition coefficient (Wildman–Crippen LogP) is 1.25. The Morgan fingerprint density at radius 3 is 2.62 bits per heavy atom. The van der Waals surface area contributed by atoms with Crippen LogP contribution in [0.2, 0.25) is 0 Å². The Morgan fingerprint density at radius 1 is 1.33 bits per heavy atom. The minimum Gasteiger partial charge on any atom is -0.481 e. The van der Waals surface area contributed by atoms with E-state index in [2.05, 4.69) is 15.5 Å². The molecule has 0 unspecified atom stereocenters. The zero-order valence-corrected chi connectivity index (χ0v) is 12.3. The van der Waals surface area contributed by atoms with Crippen molar-refractivity contribution in [3.8, 4) is 0 Å². The lowest BCUT2D eigenvalue weighted by Gasteiger charge is -2.35. The highest BCUT2D eigenvalue weighted by atomic mass is 16.4. The van der Waals surface area contributed by atoms with E-state index in [1.165, 1.54) is 0 Å². The van der Waals surface area contributed by atoms with Gasteiger partial charge in [0.05, 0.1) is 13.0 Å². The molecule has 116 valence electrons. The maximum absolute atomic E-state index is 12.1. The molecule has 0 bridgehead atoms. The van der Waals surface area contributed by atoms with E-state index in [4.69, 9.17) is 5.11 Å². The fourth-order valence-corrected chi connectivity index (χ4v) is 3.09. The van der Waals surface area contributed by atoms with Gasteiger partial charge in [0.1, 0.15) is 6.33 Å². The van der Waals surface area contributed by atoms with Gasteiger partial charge in [0.15, 0.2) is 5.82 Å². The third-order valence-corrected chi connectivity index (χ3v) is 4.22. The molecule has 2 rings (SSSR count). The Labute approximate surface area is 123 Å². The molecular weight excluding hydrogens is 272 g/mol. The number of aliphatic carboxylic acids is 1. The quantitative estimate of drug-likeness (QED) is 0.823. The highest BCUT2D eigenvalue weighted by molar-refractivity contribution is 5.78. The van der Waals surface area contributed by atoms with E-state index in [-0.39, 0.29) is 24.2 Å². The van der Waals surface area contributed by atoms with Crippen LogP contribution in [0.15, 0.2) is 6.33 Å². The SMILES string of the molecule is Cn1cnnc1CNC(=O)CC1(CC(=O)O)CCCCC1. The molecule has 0 aromatic carbocycles. The highest BCUT2D eigenvalue weighted by Gasteiger charge is 2.36. The van der Waals surface area contributed by atoms with Crippen molar-refractivity contribution in [3.63, 3.8) is 0 Å². The minimum atomic E-state index is -0.821. The zero-order valence-electron chi connectivity index (χ0n) is 12.3. The summed E-state index contributed by atoms with van der Waals surface area (Å²) in [7, 11) is 1.81. The van der Waals surface area contributed by atoms with Crippen LogP contribution >= 0.6 is 0 Å². The number of nitrogens with zero attached hydrogens (tertiary/aromatic N) is 3. The number of hydrogen-bond acceptors (Lipinski definition) is 4. The Kier molecular flexibility index (Phi) is 4.93. The molecule has 1 aliphatic rings. The lowest BCUT2D eigenvalue weighted by Crippen LogP contribution is -2.35. The minimum absolute atomic E-state index is 0.0738. The largest absolute Gasteiger partial charge is 0.481 e. The molecular formula is C14H22N4O3. The van der Waals surface area contributed by atoms with E-state index in [0.29, 0.717) is 12.4 Å². The molecule has 0 aliphatic heterocycles. The van der Waals surface area contributed by atoms with Crippen LogP contribution in [-0.4, -0.2) is 31.7 Å². The van der Waals surface area contributed by atoms with Gasteiger partial charge in [0.25, 0.3) is 0 Å². The Balaban J connectivity index is 1.91. The lowest BCUT2D eigenvalue weighted by atomic mass is 9.69. The average Bonchev–Trinajstić information content (AvgIpc) is 2.82. The van der Waals surface area contributed by atoms with Crippen LogP contribution in [0.5, 0.6) is 0 Å². The van der Waals surface area contributed by atoms with Gasteiger partial charge < -0.3 is 15.0 Å². The number of carboxylic acids is 1. The summed E-state index contributed by atoms with van der Waals surface area (Å²) in [5, 5.41) is 19.6. The van der Waals surface area contributed by atoms with Gasteiger partial charge in [-0.15, -0.1) is 10.2 Å². The highest BCUT2D eigenvalue weighted by Crippen LogP contribution is 2.42. The summed E-state index contributed by atoms with van der Waals surface area (Å²) < 4.78 is 1.74. The molecule has 1 aromatic heterocycles. The molecule has 0 atom stereocenters. The number of carbonyl (C=O) groups is 2. The first-order valence-corrected chi connectivity index (χ1v) is 7.32. The van der Waals surface area contributed by atoms with Crippen LogP contribution in [0, 0.1) is 5.41 Å². The van der Waals surface area contributed by atoms with Crippen molar-refractivity contribution in [3.05, 3.63) is 12.2 Å². The third kappa shape index (κ3) is 4.27. The predicted molar refractivity (Wildman–Crippen MR) is 75.2 cm³/mol. The van der Waals surface area contributed by atoms with E-state index in [9.17, 15) is 9.59 Å². The molecule has 1 aromatic rings. The van der Waals surface area contributed by atoms with Crippen molar-refractivity contribution >= 4 is 11.9 Å². The molecule has 1 saturated carbocycles. The second-order valence-corrected chi connectivity index (χ2v) is 5.94. The third-order valence-electron chi connectivity index (χ3n) is 4.22. The Hall–Kier alpha value is -1.92. The normalized spacial score (nSPS) is 17.4. The zero-order chi connectivity index (χ0) is 15.3. The maximum atomic E-state index is 12.1. The summed E-state index contributed by atoms with van der Waals surface area (Å²) in [6, 6.07) is 0. The summed E-state index contributed by atoms with van der Waals surface area (Å²) in [5.41, 5.74) is -0.381. The smallest absolute Gasteiger partial charge is 0.303 e. The van der Waals surface area contributed by atoms with Crippen molar-refractivity contribution in [2.24, 2.45) is 12.5 Å². The van der Waals surface area contributed by atoms with E-state index >= 15 is 0 Å². The monoisotopic (exact) mass is 294 g/mol. The van der Waals surface area contributed by atoms with E-state index in [0.717, 1.165) is 32.1 Å². The summed E-state index contributed by atoms with van der Waals surface area (Å²) in [4.78, 5) is 23.2. The molecule has 7 heteroatoms. The average molecular weight is 294 g/mol. The van der Waals surface area contributed by atoms with Gasteiger partial charge in [-0.05, 0) is 18.3 Å².